The van der Waals surface area contributed by atoms with Gasteiger partial charge < -0.3 is 0 Å². The van der Waals surface area contributed by atoms with Crippen molar-refractivity contribution in [2.75, 3.05) is 0 Å². The minimum Gasteiger partial charge on any atom is -0.298 e. The second-order valence-electron chi connectivity index (χ2n) is 4.62. The van der Waals surface area contributed by atoms with Gasteiger partial charge in [0.25, 0.3) is 0 Å². The molecule has 0 N–H and O–H groups in total. The van der Waals surface area contributed by atoms with Crippen molar-refractivity contribution in [3.63, 3.8) is 0 Å². The van der Waals surface area contributed by atoms with Crippen molar-refractivity contribution in [3.05, 3.63) is 22.2 Å². The van der Waals surface area contributed by atoms with E-state index in [1.165, 1.54) is 0 Å². The van der Waals surface area contributed by atoms with Gasteiger partial charge in [-0.3, -0.25) is 4.79 Å². The molecule has 2 aromatic rings. The minimum atomic E-state index is -0.150. The molecule has 0 unspecified atom stereocenters. The fourth-order valence-corrected chi connectivity index (χ4v) is 2.01. The summed E-state index contributed by atoms with van der Waals surface area (Å²) in [7, 11) is 0. The predicted molar refractivity (Wildman–Crippen MR) is 65.6 cm³/mol. The Morgan fingerprint density at radius 3 is 2.62 bits per heavy atom. The average Bonchev–Trinajstić information content (AvgIpc) is 2.60. The zero-order valence-corrected chi connectivity index (χ0v) is 10.9. The van der Waals surface area contributed by atoms with Crippen LogP contribution in [0.2, 0.25) is 0 Å². The molecule has 0 aliphatic heterocycles. The Kier molecular flexibility index (Phi) is 2.58. The van der Waals surface area contributed by atoms with Crippen molar-refractivity contribution in [2.24, 2.45) is 0 Å². The number of aldehydes is 1. The Morgan fingerprint density at radius 1 is 1.38 bits per heavy atom. The number of nitrogens with zero attached hydrogens (tertiary/aromatic N) is 3. The number of carbonyl (C=O) groups is 1. The van der Waals surface area contributed by atoms with Crippen LogP contribution in [0.4, 0.5) is 0 Å². The molecular formula is C11H12BrN3O. The van der Waals surface area contributed by atoms with E-state index in [1.54, 1.807) is 0 Å². The van der Waals surface area contributed by atoms with Crippen LogP contribution < -0.4 is 0 Å². The number of hydrogen-bond acceptors (Lipinski definition) is 3. The fourth-order valence-electron chi connectivity index (χ4n) is 1.59. The molecule has 0 saturated carbocycles. The second kappa shape index (κ2) is 3.66. The Balaban J connectivity index is 2.81. The van der Waals surface area contributed by atoms with Gasteiger partial charge in [-0.2, -0.15) is 0 Å². The van der Waals surface area contributed by atoms with Gasteiger partial charge >= 0.3 is 0 Å². The van der Waals surface area contributed by atoms with E-state index in [2.05, 4.69) is 26.2 Å². The van der Waals surface area contributed by atoms with Crippen molar-refractivity contribution in [2.45, 2.75) is 26.3 Å². The van der Waals surface area contributed by atoms with E-state index in [-0.39, 0.29) is 5.54 Å². The van der Waals surface area contributed by atoms with Crippen molar-refractivity contribution in [3.8, 4) is 0 Å². The van der Waals surface area contributed by atoms with E-state index in [0.717, 1.165) is 16.3 Å². The van der Waals surface area contributed by atoms with Gasteiger partial charge in [0.05, 0.1) is 16.6 Å². The summed E-state index contributed by atoms with van der Waals surface area (Å²) in [5.74, 6) is 0. The van der Waals surface area contributed by atoms with Crippen LogP contribution in [0.1, 0.15) is 31.1 Å². The molecule has 16 heavy (non-hydrogen) atoms. The normalized spacial score (nSPS) is 12.0. The van der Waals surface area contributed by atoms with Gasteiger partial charge in [0.15, 0.2) is 6.29 Å². The van der Waals surface area contributed by atoms with E-state index in [9.17, 15) is 4.79 Å². The molecular weight excluding hydrogens is 270 g/mol. The molecule has 0 spiro atoms. The maximum Gasteiger partial charge on any atom is 0.153 e. The van der Waals surface area contributed by atoms with Gasteiger partial charge in [0.2, 0.25) is 0 Å². The number of carbonyl (C=O) groups excluding carboxylic acids is 1. The molecule has 4 nitrogen and oxygen atoms in total. The first kappa shape index (κ1) is 11.3. The van der Waals surface area contributed by atoms with Gasteiger partial charge in [0, 0.05) is 4.47 Å². The summed E-state index contributed by atoms with van der Waals surface area (Å²) in [5.41, 5.74) is 1.91. The predicted octanol–water partition coefficient (Wildman–Crippen LogP) is 2.76. The largest absolute Gasteiger partial charge is 0.298 e. The first-order valence-electron chi connectivity index (χ1n) is 4.94. The zero-order chi connectivity index (χ0) is 11.9. The van der Waals surface area contributed by atoms with Crippen molar-refractivity contribution >= 4 is 33.2 Å². The number of fused-ring (bicyclic) bond motifs is 1. The highest BCUT2D eigenvalue weighted by Gasteiger charge is 2.19. The van der Waals surface area contributed by atoms with Crippen LogP contribution in [-0.4, -0.2) is 21.3 Å². The molecule has 1 aromatic heterocycles. The van der Waals surface area contributed by atoms with Gasteiger partial charge in [-0.25, -0.2) is 4.68 Å². The van der Waals surface area contributed by atoms with E-state index < -0.39 is 0 Å². The molecule has 0 aliphatic carbocycles. The number of hydrogen-bond donors (Lipinski definition) is 0. The van der Waals surface area contributed by atoms with Crippen molar-refractivity contribution < 1.29 is 4.79 Å². The van der Waals surface area contributed by atoms with Crippen molar-refractivity contribution in [1.29, 1.82) is 0 Å². The summed E-state index contributed by atoms with van der Waals surface area (Å²) < 4.78 is 2.57. The standard InChI is InChI=1S/C11H12BrN3O/c1-11(2,3)15-9-5-4-8(12)7(6-16)10(9)13-14-15/h4-6H,1-3H3. The third kappa shape index (κ3) is 1.65. The molecule has 0 radical (unpaired) electrons. The topological polar surface area (TPSA) is 47.8 Å². The first-order chi connectivity index (χ1) is 7.45. The number of halogens is 1. The molecule has 0 atom stereocenters. The van der Waals surface area contributed by atoms with Gasteiger partial charge in [-0.05, 0) is 48.8 Å². The van der Waals surface area contributed by atoms with E-state index in [4.69, 9.17) is 0 Å². The van der Waals surface area contributed by atoms with Crippen LogP contribution in [0.15, 0.2) is 16.6 Å². The molecule has 0 saturated heterocycles. The molecule has 0 aliphatic rings. The van der Waals surface area contributed by atoms with Crippen LogP contribution in [0.5, 0.6) is 0 Å². The molecule has 0 bridgehead atoms. The van der Waals surface area contributed by atoms with Crippen LogP contribution >= 0.6 is 15.9 Å². The molecule has 0 amide bonds. The number of rotatable bonds is 1. The second-order valence-corrected chi connectivity index (χ2v) is 5.47. The number of aromatic nitrogens is 3. The fraction of sp³-hybridized carbons (Fsp3) is 0.364. The molecule has 0 fully saturated rings. The van der Waals surface area contributed by atoms with Crippen LogP contribution in [0.3, 0.4) is 0 Å². The van der Waals surface area contributed by atoms with E-state index >= 15 is 0 Å². The summed E-state index contributed by atoms with van der Waals surface area (Å²) in [6.45, 7) is 6.14. The Morgan fingerprint density at radius 2 is 2.06 bits per heavy atom. The Hall–Kier alpha value is -1.23. The lowest BCUT2D eigenvalue weighted by Crippen LogP contribution is -2.23. The molecule has 1 heterocycles. The quantitative estimate of drug-likeness (QED) is 0.756. The highest BCUT2D eigenvalue weighted by atomic mass is 79.9. The summed E-state index contributed by atoms with van der Waals surface area (Å²) in [6.07, 6.45) is 0.800. The lowest BCUT2D eigenvalue weighted by molar-refractivity contribution is 0.112. The maximum absolute atomic E-state index is 11.0. The molecule has 2 rings (SSSR count). The van der Waals surface area contributed by atoms with Gasteiger partial charge in [0.1, 0.15) is 5.52 Å². The maximum atomic E-state index is 11.0. The first-order valence-corrected chi connectivity index (χ1v) is 5.74. The summed E-state index contributed by atoms with van der Waals surface area (Å²) in [5, 5.41) is 8.17. The van der Waals surface area contributed by atoms with Gasteiger partial charge in [-0.1, -0.05) is 5.21 Å². The van der Waals surface area contributed by atoms with E-state index in [0.29, 0.717) is 11.1 Å². The van der Waals surface area contributed by atoms with Crippen LogP contribution in [-0.2, 0) is 5.54 Å². The monoisotopic (exact) mass is 281 g/mol. The van der Waals surface area contributed by atoms with E-state index in [1.807, 2.05) is 37.6 Å². The minimum absolute atomic E-state index is 0.150. The zero-order valence-electron chi connectivity index (χ0n) is 9.36. The summed E-state index contributed by atoms with van der Waals surface area (Å²) >= 11 is 3.33. The van der Waals surface area contributed by atoms with Crippen molar-refractivity contribution in [1.82, 2.24) is 15.0 Å². The summed E-state index contributed by atoms with van der Waals surface area (Å²) in [6, 6.07) is 3.76. The lowest BCUT2D eigenvalue weighted by atomic mass is 10.1. The smallest absolute Gasteiger partial charge is 0.153 e. The number of benzene rings is 1. The summed E-state index contributed by atoms with van der Waals surface area (Å²) in [4.78, 5) is 11.0. The Bertz CT molecular complexity index is 554. The third-order valence-corrected chi connectivity index (χ3v) is 3.05. The molecule has 1 aromatic carbocycles. The Labute approximate surface area is 102 Å². The third-order valence-electron chi connectivity index (χ3n) is 2.36. The van der Waals surface area contributed by atoms with Crippen LogP contribution in [0.25, 0.3) is 11.0 Å². The van der Waals surface area contributed by atoms with Gasteiger partial charge in [-0.15, -0.1) is 5.10 Å². The molecule has 5 heteroatoms. The highest BCUT2D eigenvalue weighted by molar-refractivity contribution is 9.10. The lowest BCUT2D eigenvalue weighted by Gasteiger charge is -2.19. The highest BCUT2D eigenvalue weighted by Crippen LogP contribution is 2.26. The van der Waals surface area contributed by atoms with Crippen LogP contribution in [0, 0.1) is 0 Å². The average molecular weight is 282 g/mol. The SMILES string of the molecule is CC(C)(C)n1nnc2c(C=O)c(Br)ccc21. The molecule has 84 valence electrons.